The molecule has 1 atom stereocenters. The van der Waals surface area contributed by atoms with Crippen LogP contribution in [-0.2, 0) is 6.18 Å². The Hall–Kier alpha value is -1.25. The zero-order valence-electron chi connectivity index (χ0n) is 8.05. The summed E-state index contributed by atoms with van der Waals surface area (Å²) in [5, 5.41) is 8.00. The van der Waals surface area contributed by atoms with Crippen LogP contribution in [0.15, 0.2) is 18.2 Å². The van der Waals surface area contributed by atoms with E-state index in [-0.39, 0.29) is 6.42 Å². The highest BCUT2D eigenvalue weighted by molar-refractivity contribution is 6.31. The molecular formula is C10H8ClF3N2. The van der Waals surface area contributed by atoms with E-state index in [9.17, 15) is 13.2 Å². The molecule has 0 fully saturated rings. The second kappa shape index (κ2) is 4.73. The Morgan fingerprint density at radius 2 is 2.06 bits per heavy atom. The summed E-state index contributed by atoms with van der Waals surface area (Å²) in [7, 11) is 0. The SMILES string of the molecule is N#CC[C@H](N)c1ccc(C(F)(F)F)c(Cl)c1. The van der Waals surface area contributed by atoms with Gasteiger partial charge >= 0.3 is 6.18 Å². The van der Waals surface area contributed by atoms with E-state index in [1.165, 1.54) is 6.07 Å². The van der Waals surface area contributed by atoms with Crippen molar-refractivity contribution in [1.82, 2.24) is 0 Å². The molecule has 1 rings (SSSR count). The summed E-state index contributed by atoms with van der Waals surface area (Å²) in [5.41, 5.74) is 5.09. The quantitative estimate of drug-likeness (QED) is 0.873. The number of nitriles is 1. The second-order valence-electron chi connectivity index (χ2n) is 3.21. The third-order valence-electron chi connectivity index (χ3n) is 2.04. The van der Waals surface area contributed by atoms with Crippen molar-refractivity contribution in [2.45, 2.75) is 18.6 Å². The summed E-state index contributed by atoms with van der Waals surface area (Å²) in [6.45, 7) is 0. The lowest BCUT2D eigenvalue weighted by molar-refractivity contribution is -0.137. The maximum Gasteiger partial charge on any atom is 0.417 e. The van der Waals surface area contributed by atoms with Crippen molar-refractivity contribution in [3.05, 3.63) is 34.3 Å². The van der Waals surface area contributed by atoms with Crippen LogP contribution in [0.1, 0.15) is 23.6 Å². The van der Waals surface area contributed by atoms with Gasteiger partial charge in [-0.2, -0.15) is 18.4 Å². The summed E-state index contributed by atoms with van der Waals surface area (Å²) in [5.74, 6) is 0. The fourth-order valence-corrected chi connectivity index (χ4v) is 1.50. The van der Waals surface area contributed by atoms with Crippen LogP contribution < -0.4 is 5.73 Å². The maximum absolute atomic E-state index is 12.4. The van der Waals surface area contributed by atoms with Gasteiger partial charge in [-0.05, 0) is 17.7 Å². The van der Waals surface area contributed by atoms with Crippen molar-refractivity contribution in [2.24, 2.45) is 5.73 Å². The van der Waals surface area contributed by atoms with Crippen LogP contribution >= 0.6 is 11.6 Å². The average molecular weight is 249 g/mol. The van der Waals surface area contributed by atoms with Crippen molar-refractivity contribution < 1.29 is 13.2 Å². The zero-order valence-corrected chi connectivity index (χ0v) is 8.81. The first kappa shape index (κ1) is 12.8. The van der Waals surface area contributed by atoms with Gasteiger partial charge in [0.2, 0.25) is 0 Å². The summed E-state index contributed by atoms with van der Waals surface area (Å²) < 4.78 is 37.1. The number of alkyl halides is 3. The van der Waals surface area contributed by atoms with E-state index in [0.29, 0.717) is 5.56 Å². The molecule has 0 aliphatic carbocycles. The number of nitrogens with two attached hydrogens (primary N) is 1. The molecule has 16 heavy (non-hydrogen) atoms. The van der Waals surface area contributed by atoms with Crippen molar-refractivity contribution in [3.8, 4) is 6.07 Å². The van der Waals surface area contributed by atoms with Gasteiger partial charge in [0.15, 0.2) is 0 Å². The highest BCUT2D eigenvalue weighted by Crippen LogP contribution is 2.35. The molecule has 6 heteroatoms. The van der Waals surface area contributed by atoms with Gasteiger partial charge in [0, 0.05) is 6.04 Å². The Balaban J connectivity index is 3.05. The minimum Gasteiger partial charge on any atom is -0.323 e. The van der Waals surface area contributed by atoms with E-state index >= 15 is 0 Å². The highest BCUT2D eigenvalue weighted by Gasteiger charge is 2.33. The molecule has 0 aliphatic heterocycles. The molecule has 0 bridgehead atoms. The number of halogens is 4. The number of hydrogen-bond acceptors (Lipinski definition) is 2. The molecule has 1 aromatic rings. The summed E-state index contributed by atoms with van der Waals surface area (Å²) in [6, 6.07) is 4.47. The molecule has 0 saturated heterocycles. The fraction of sp³-hybridized carbons (Fsp3) is 0.300. The molecule has 86 valence electrons. The van der Waals surface area contributed by atoms with Crippen LogP contribution in [0.25, 0.3) is 0 Å². The number of benzene rings is 1. The van der Waals surface area contributed by atoms with E-state index in [1.54, 1.807) is 0 Å². The Bertz CT molecular complexity index is 423. The van der Waals surface area contributed by atoms with E-state index in [0.717, 1.165) is 12.1 Å². The molecule has 2 nitrogen and oxygen atoms in total. The first-order chi connectivity index (χ1) is 7.36. The van der Waals surface area contributed by atoms with Crippen molar-refractivity contribution in [3.63, 3.8) is 0 Å². The summed E-state index contributed by atoms with van der Waals surface area (Å²) in [4.78, 5) is 0. The highest BCUT2D eigenvalue weighted by atomic mass is 35.5. The van der Waals surface area contributed by atoms with Gasteiger partial charge in [-0.15, -0.1) is 0 Å². The molecule has 0 aliphatic rings. The molecule has 0 saturated carbocycles. The Morgan fingerprint density at radius 3 is 2.50 bits per heavy atom. The molecule has 0 radical (unpaired) electrons. The van der Waals surface area contributed by atoms with Gasteiger partial charge < -0.3 is 5.73 Å². The average Bonchev–Trinajstić information content (AvgIpc) is 2.16. The Morgan fingerprint density at radius 1 is 1.44 bits per heavy atom. The number of rotatable bonds is 2. The molecule has 2 N–H and O–H groups in total. The van der Waals surface area contributed by atoms with Crippen molar-refractivity contribution in [1.29, 1.82) is 5.26 Å². The van der Waals surface area contributed by atoms with Gasteiger partial charge in [0.25, 0.3) is 0 Å². The Kier molecular flexibility index (Phi) is 3.79. The van der Waals surface area contributed by atoms with Crippen LogP contribution in [0, 0.1) is 11.3 Å². The summed E-state index contributed by atoms with van der Waals surface area (Å²) in [6.07, 6.45) is -4.45. The van der Waals surface area contributed by atoms with Crippen molar-refractivity contribution >= 4 is 11.6 Å². The third-order valence-corrected chi connectivity index (χ3v) is 2.35. The predicted octanol–water partition coefficient (Wildman–Crippen LogP) is 3.27. The lowest BCUT2D eigenvalue weighted by Gasteiger charge is -2.12. The predicted molar refractivity (Wildman–Crippen MR) is 53.6 cm³/mol. The largest absolute Gasteiger partial charge is 0.417 e. The molecule has 0 amide bonds. The van der Waals surface area contributed by atoms with Crippen LogP contribution in [0.2, 0.25) is 5.02 Å². The van der Waals surface area contributed by atoms with Gasteiger partial charge in [-0.1, -0.05) is 17.7 Å². The summed E-state index contributed by atoms with van der Waals surface area (Å²) >= 11 is 5.50. The minimum absolute atomic E-state index is 0.0295. The van der Waals surface area contributed by atoms with Crippen molar-refractivity contribution in [2.75, 3.05) is 0 Å². The van der Waals surface area contributed by atoms with Crippen LogP contribution in [-0.4, -0.2) is 0 Å². The first-order valence-electron chi connectivity index (χ1n) is 4.35. The van der Waals surface area contributed by atoms with Crippen LogP contribution in [0.4, 0.5) is 13.2 Å². The minimum atomic E-state index is -4.48. The number of hydrogen-bond donors (Lipinski definition) is 1. The first-order valence-corrected chi connectivity index (χ1v) is 4.73. The van der Waals surface area contributed by atoms with Crippen LogP contribution in [0.3, 0.4) is 0 Å². The topological polar surface area (TPSA) is 49.8 Å². The molecule has 0 spiro atoms. The lowest BCUT2D eigenvalue weighted by Crippen LogP contribution is -2.11. The molecule has 0 unspecified atom stereocenters. The molecule has 1 aromatic carbocycles. The molecule has 0 heterocycles. The standard InChI is InChI=1S/C10H8ClF3N2/c11-8-5-6(9(16)3-4-15)1-2-7(8)10(12,13)14/h1-2,5,9H,3,16H2/t9-/m0/s1. The second-order valence-corrected chi connectivity index (χ2v) is 3.61. The molecule has 0 aromatic heterocycles. The third kappa shape index (κ3) is 2.87. The van der Waals surface area contributed by atoms with Gasteiger partial charge in [0.1, 0.15) is 0 Å². The van der Waals surface area contributed by atoms with E-state index in [1.807, 2.05) is 6.07 Å². The Labute approximate surface area is 95.4 Å². The maximum atomic E-state index is 12.4. The smallest absolute Gasteiger partial charge is 0.323 e. The van der Waals surface area contributed by atoms with E-state index in [4.69, 9.17) is 22.6 Å². The zero-order chi connectivity index (χ0) is 12.3. The normalized spacial score (nSPS) is 13.2. The van der Waals surface area contributed by atoms with Gasteiger partial charge in [-0.3, -0.25) is 0 Å². The van der Waals surface area contributed by atoms with E-state index in [2.05, 4.69) is 0 Å². The van der Waals surface area contributed by atoms with Crippen LogP contribution in [0.5, 0.6) is 0 Å². The molecular weight excluding hydrogens is 241 g/mol. The lowest BCUT2D eigenvalue weighted by atomic mass is 10.0. The van der Waals surface area contributed by atoms with Gasteiger partial charge in [-0.25, -0.2) is 0 Å². The monoisotopic (exact) mass is 248 g/mol. The fourth-order valence-electron chi connectivity index (χ4n) is 1.21. The van der Waals surface area contributed by atoms with E-state index < -0.39 is 22.8 Å². The number of nitrogens with zero attached hydrogens (tertiary/aromatic N) is 1. The van der Waals surface area contributed by atoms with Gasteiger partial charge in [0.05, 0.1) is 23.1 Å².